The molecule has 1 aliphatic rings. The number of hydrogen-bond acceptors (Lipinski definition) is 5. The van der Waals surface area contributed by atoms with E-state index in [0.29, 0.717) is 26.4 Å². The van der Waals surface area contributed by atoms with Crippen LogP contribution in [0.1, 0.15) is 5.76 Å². The van der Waals surface area contributed by atoms with Crippen LogP contribution < -0.4 is 9.64 Å². The number of thioether (sulfide) groups is 1. The van der Waals surface area contributed by atoms with Gasteiger partial charge in [0.2, 0.25) is 0 Å². The fourth-order valence-electron chi connectivity index (χ4n) is 2.69. The Morgan fingerprint density at radius 1 is 1.16 bits per heavy atom. The molecular formula is C19H13NO3S2. The molecule has 0 N–H and O–H groups in total. The van der Waals surface area contributed by atoms with Gasteiger partial charge in [-0.25, -0.2) is 0 Å². The van der Waals surface area contributed by atoms with E-state index < -0.39 is 0 Å². The molecule has 0 spiro atoms. The Balaban J connectivity index is 1.71. The molecule has 0 bridgehead atoms. The van der Waals surface area contributed by atoms with Gasteiger partial charge in [0, 0.05) is 11.5 Å². The van der Waals surface area contributed by atoms with Crippen LogP contribution in [-0.2, 0) is 4.79 Å². The van der Waals surface area contributed by atoms with Crippen LogP contribution in [-0.4, -0.2) is 17.3 Å². The summed E-state index contributed by atoms with van der Waals surface area (Å²) >= 11 is 6.66. The summed E-state index contributed by atoms with van der Waals surface area (Å²) in [5.74, 6) is 1.05. The molecule has 124 valence electrons. The summed E-state index contributed by atoms with van der Waals surface area (Å²) in [6.45, 7) is 0. The van der Waals surface area contributed by atoms with Gasteiger partial charge in [0.25, 0.3) is 5.91 Å². The molecule has 2 aromatic carbocycles. The van der Waals surface area contributed by atoms with Crippen molar-refractivity contribution in [3.8, 4) is 5.75 Å². The van der Waals surface area contributed by atoms with Gasteiger partial charge in [0.1, 0.15) is 17.1 Å². The highest BCUT2D eigenvalue weighted by molar-refractivity contribution is 8.27. The number of methoxy groups -OCH3 is 1. The van der Waals surface area contributed by atoms with E-state index in [2.05, 4.69) is 0 Å². The molecule has 4 rings (SSSR count). The fourth-order valence-corrected chi connectivity index (χ4v) is 3.96. The predicted octanol–water partition coefficient (Wildman–Crippen LogP) is 4.85. The van der Waals surface area contributed by atoms with Crippen molar-refractivity contribution in [3.05, 3.63) is 65.3 Å². The topological polar surface area (TPSA) is 42.7 Å². The zero-order valence-electron chi connectivity index (χ0n) is 13.3. The molecule has 0 unspecified atom stereocenters. The predicted molar refractivity (Wildman–Crippen MR) is 105 cm³/mol. The molecule has 2 heterocycles. The lowest BCUT2D eigenvalue weighted by Gasteiger charge is -2.17. The standard InChI is InChI=1S/C19H13NO3S2/c1-22-16-9-5-3-7-14(16)20-18(21)17(25-19(20)24)11-13-10-12-6-2-4-8-15(12)23-13/h2-11H,1H3/b17-11+. The quantitative estimate of drug-likeness (QED) is 0.489. The lowest BCUT2D eigenvalue weighted by atomic mass is 10.2. The first-order valence-electron chi connectivity index (χ1n) is 7.57. The average Bonchev–Trinajstić information content (AvgIpc) is 3.15. The number of thiocarbonyl (C=S) groups is 1. The number of carbonyl (C=O) groups excluding carboxylic acids is 1. The number of benzene rings is 2. The van der Waals surface area contributed by atoms with Crippen molar-refractivity contribution in [2.24, 2.45) is 0 Å². The summed E-state index contributed by atoms with van der Waals surface area (Å²) in [6, 6.07) is 16.9. The summed E-state index contributed by atoms with van der Waals surface area (Å²) in [7, 11) is 1.57. The van der Waals surface area contributed by atoms with Crippen LogP contribution in [0.3, 0.4) is 0 Å². The zero-order chi connectivity index (χ0) is 17.4. The molecule has 0 aliphatic carbocycles. The van der Waals surface area contributed by atoms with E-state index in [0.717, 1.165) is 11.0 Å². The minimum Gasteiger partial charge on any atom is -0.495 e. The van der Waals surface area contributed by atoms with Crippen LogP contribution in [0.15, 0.2) is 63.9 Å². The number of para-hydroxylation sites is 3. The zero-order valence-corrected chi connectivity index (χ0v) is 14.9. The number of nitrogens with zero attached hydrogens (tertiary/aromatic N) is 1. The van der Waals surface area contributed by atoms with Crippen LogP contribution in [0.5, 0.6) is 5.75 Å². The molecular weight excluding hydrogens is 354 g/mol. The maximum absolute atomic E-state index is 12.9. The van der Waals surface area contributed by atoms with Crippen molar-refractivity contribution in [1.29, 1.82) is 0 Å². The maximum Gasteiger partial charge on any atom is 0.271 e. The Labute approximate surface area is 154 Å². The van der Waals surface area contributed by atoms with Gasteiger partial charge in [-0.05, 0) is 24.3 Å². The van der Waals surface area contributed by atoms with Crippen LogP contribution in [0, 0.1) is 0 Å². The number of fused-ring (bicyclic) bond motifs is 1. The van der Waals surface area contributed by atoms with E-state index in [1.54, 1.807) is 19.3 Å². The second kappa shape index (κ2) is 6.38. The first-order chi connectivity index (χ1) is 12.2. The third-order valence-electron chi connectivity index (χ3n) is 3.84. The number of hydrogen-bond donors (Lipinski definition) is 0. The molecule has 1 amide bonds. The van der Waals surface area contributed by atoms with Gasteiger partial charge in [-0.1, -0.05) is 54.3 Å². The molecule has 0 atom stereocenters. The van der Waals surface area contributed by atoms with E-state index >= 15 is 0 Å². The molecule has 1 aliphatic heterocycles. The van der Waals surface area contributed by atoms with E-state index in [1.165, 1.54) is 16.7 Å². The normalized spacial score (nSPS) is 16.2. The highest BCUT2D eigenvalue weighted by Gasteiger charge is 2.35. The molecule has 0 saturated carbocycles. The van der Waals surface area contributed by atoms with Gasteiger partial charge in [-0.2, -0.15) is 0 Å². The Hall–Kier alpha value is -2.57. The highest BCUT2D eigenvalue weighted by Crippen LogP contribution is 2.40. The molecule has 1 saturated heterocycles. The SMILES string of the molecule is COc1ccccc1N1C(=O)/C(=C\c2cc3ccccc3o2)SC1=S. The second-order valence-electron chi connectivity index (χ2n) is 5.38. The number of anilines is 1. The van der Waals surface area contributed by atoms with Crippen molar-refractivity contribution >= 4 is 56.9 Å². The van der Waals surface area contributed by atoms with Crippen LogP contribution in [0.2, 0.25) is 0 Å². The second-order valence-corrected chi connectivity index (χ2v) is 7.05. The van der Waals surface area contributed by atoms with Gasteiger partial charge in [0.05, 0.1) is 17.7 Å². The Bertz CT molecular complexity index is 989. The fraction of sp³-hybridized carbons (Fsp3) is 0.0526. The number of carbonyl (C=O) groups is 1. The Morgan fingerprint density at radius 3 is 2.72 bits per heavy atom. The maximum atomic E-state index is 12.9. The third-order valence-corrected chi connectivity index (χ3v) is 5.14. The molecule has 4 nitrogen and oxygen atoms in total. The van der Waals surface area contributed by atoms with E-state index in [1.807, 2.05) is 48.5 Å². The van der Waals surface area contributed by atoms with Crippen LogP contribution in [0.25, 0.3) is 17.0 Å². The molecule has 1 fully saturated rings. The number of ether oxygens (including phenoxy) is 1. The van der Waals surface area contributed by atoms with Crippen molar-refractivity contribution < 1.29 is 13.9 Å². The Morgan fingerprint density at radius 2 is 1.92 bits per heavy atom. The Kier molecular flexibility index (Phi) is 4.07. The van der Waals surface area contributed by atoms with Crippen molar-refractivity contribution in [3.63, 3.8) is 0 Å². The summed E-state index contributed by atoms with van der Waals surface area (Å²) in [5.41, 5.74) is 1.43. The van der Waals surface area contributed by atoms with Crippen LogP contribution >= 0.6 is 24.0 Å². The summed E-state index contributed by atoms with van der Waals surface area (Å²) in [4.78, 5) is 14.9. The average molecular weight is 367 g/mol. The first kappa shape index (κ1) is 15.9. The van der Waals surface area contributed by atoms with Gasteiger partial charge < -0.3 is 9.15 Å². The van der Waals surface area contributed by atoms with Gasteiger partial charge in [-0.15, -0.1) is 0 Å². The lowest BCUT2D eigenvalue weighted by molar-refractivity contribution is -0.113. The summed E-state index contributed by atoms with van der Waals surface area (Å²) < 4.78 is 11.6. The summed E-state index contributed by atoms with van der Waals surface area (Å²) in [6.07, 6.45) is 1.73. The van der Waals surface area contributed by atoms with Gasteiger partial charge in [0.15, 0.2) is 4.32 Å². The van der Waals surface area contributed by atoms with Crippen molar-refractivity contribution in [2.75, 3.05) is 12.0 Å². The summed E-state index contributed by atoms with van der Waals surface area (Å²) in [5, 5.41) is 0.994. The largest absolute Gasteiger partial charge is 0.495 e. The molecule has 3 aromatic rings. The van der Waals surface area contributed by atoms with Crippen molar-refractivity contribution in [2.45, 2.75) is 0 Å². The third kappa shape index (κ3) is 2.83. The van der Waals surface area contributed by atoms with Crippen molar-refractivity contribution in [1.82, 2.24) is 0 Å². The number of amides is 1. The number of furan rings is 1. The molecule has 25 heavy (non-hydrogen) atoms. The highest BCUT2D eigenvalue weighted by atomic mass is 32.2. The minimum absolute atomic E-state index is 0.181. The first-order valence-corrected chi connectivity index (χ1v) is 8.79. The van der Waals surface area contributed by atoms with E-state index in [9.17, 15) is 4.79 Å². The molecule has 6 heteroatoms. The van der Waals surface area contributed by atoms with Crippen LogP contribution in [0.4, 0.5) is 5.69 Å². The van der Waals surface area contributed by atoms with Gasteiger partial charge in [-0.3, -0.25) is 9.69 Å². The monoisotopic (exact) mass is 367 g/mol. The molecule has 1 aromatic heterocycles. The van der Waals surface area contributed by atoms with E-state index in [-0.39, 0.29) is 5.91 Å². The molecule has 0 radical (unpaired) electrons. The number of rotatable bonds is 3. The van der Waals surface area contributed by atoms with Gasteiger partial charge >= 0.3 is 0 Å². The minimum atomic E-state index is -0.181. The van der Waals surface area contributed by atoms with E-state index in [4.69, 9.17) is 21.4 Å². The smallest absolute Gasteiger partial charge is 0.271 e. The lowest BCUT2D eigenvalue weighted by Crippen LogP contribution is -2.27.